The molecule has 1 amide bonds. The van der Waals surface area contributed by atoms with Gasteiger partial charge in [-0.3, -0.25) is 4.79 Å². The monoisotopic (exact) mass is 266 g/mol. The average Bonchev–Trinajstić information content (AvgIpc) is 2.44. The summed E-state index contributed by atoms with van der Waals surface area (Å²) in [7, 11) is 0. The quantitative estimate of drug-likeness (QED) is 0.776. The first-order valence-electron chi connectivity index (χ1n) is 8.24. The highest BCUT2D eigenvalue weighted by molar-refractivity contribution is 5.76. The van der Waals surface area contributed by atoms with Gasteiger partial charge in [0.05, 0.1) is 0 Å². The van der Waals surface area contributed by atoms with Gasteiger partial charge in [0.25, 0.3) is 0 Å². The maximum Gasteiger partial charge on any atom is 0.222 e. The molecule has 0 saturated carbocycles. The van der Waals surface area contributed by atoms with Crippen molar-refractivity contribution in [2.24, 2.45) is 5.41 Å². The third kappa shape index (κ3) is 4.20. The minimum absolute atomic E-state index is 0.398. The molecule has 2 heterocycles. The van der Waals surface area contributed by atoms with Crippen LogP contribution in [0, 0.1) is 5.41 Å². The Kier molecular flexibility index (Phi) is 5.68. The molecule has 0 aromatic carbocycles. The normalized spacial score (nSPS) is 27.7. The van der Waals surface area contributed by atoms with E-state index < -0.39 is 0 Å². The van der Waals surface area contributed by atoms with Crippen LogP contribution >= 0.6 is 0 Å². The van der Waals surface area contributed by atoms with Gasteiger partial charge in [-0.15, -0.1) is 0 Å². The van der Waals surface area contributed by atoms with E-state index in [1.807, 2.05) is 0 Å². The average molecular weight is 266 g/mol. The zero-order chi connectivity index (χ0) is 13.6. The zero-order valence-corrected chi connectivity index (χ0v) is 12.5. The lowest BCUT2D eigenvalue weighted by Crippen LogP contribution is -2.52. The number of carbonyl (C=O) groups excluding carboxylic acids is 1. The number of hydrogen-bond acceptors (Lipinski definition) is 2. The SMILES string of the molecule is CCCCCCC(=O)N1CCCC2(CCCNC2)C1. The summed E-state index contributed by atoms with van der Waals surface area (Å²) in [5.74, 6) is 0.403. The highest BCUT2D eigenvalue weighted by Crippen LogP contribution is 2.36. The van der Waals surface area contributed by atoms with E-state index in [2.05, 4.69) is 17.1 Å². The molecule has 3 heteroatoms. The molecule has 0 bridgehead atoms. The minimum atomic E-state index is 0.398. The summed E-state index contributed by atoms with van der Waals surface area (Å²) in [6.45, 7) is 6.49. The lowest BCUT2D eigenvalue weighted by Gasteiger charge is -2.45. The Balaban J connectivity index is 1.78. The molecule has 2 aliphatic rings. The second kappa shape index (κ2) is 7.28. The highest BCUT2D eigenvalue weighted by atomic mass is 16.2. The van der Waals surface area contributed by atoms with Gasteiger partial charge in [0, 0.05) is 31.5 Å². The molecular weight excluding hydrogens is 236 g/mol. The molecule has 2 saturated heterocycles. The van der Waals surface area contributed by atoms with Crippen LogP contribution < -0.4 is 5.32 Å². The van der Waals surface area contributed by atoms with E-state index in [4.69, 9.17) is 0 Å². The number of carbonyl (C=O) groups is 1. The fourth-order valence-electron chi connectivity index (χ4n) is 3.66. The first kappa shape index (κ1) is 14.8. The predicted octanol–water partition coefficient (Wildman–Crippen LogP) is 2.95. The molecular formula is C16H30N2O. The molecule has 0 aromatic rings. The molecule has 0 aliphatic carbocycles. The van der Waals surface area contributed by atoms with Gasteiger partial charge < -0.3 is 10.2 Å². The van der Waals surface area contributed by atoms with Crippen LogP contribution in [-0.4, -0.2) is 37.0 Å². The Morgan fingerprint density at radius 1 is 1.21 bits per heavy atom. The molecule has 3 nitrogen and oxygen atoms in total. The molecule has 2 aliphatic heterocycles. The first-order valence-corrected chi connectivity index (χ1v) is 8.24. The summed E-state index contributed by atoms with van der Waals surface area (Å²) in [4.78, 5) is 14.4. The van der Waals surface area contributed by atoms with Crippen molar-refractivity contribution < 1.29 is 4.79 Å². The van der Waals surface area contributed by atoms with Crippen LogP contribution in [0.4, 0.5) is 0 Å². The number of rotatable bonds is 5. The van der Waals surface area contributed by atoms with Crippen molar-refractivity contribution in [2.75, 3.05) is 26.2 Å². The number of hydrogen-bond donors (Lipinski definition) is 1. The largest absolute Gasteiger partial charge is 0.342 e. The molecule has 2 fully saturated rings. The van der Waals surface area contributed by atoms with E-state index in [0.717, 1.165) is 39.0 Å². The van der Waals surface area contributed by atoms with Gasteiger partial charge in [0.2, 0.25) is 5.91 Å². The van der Waals surface area contributed by atoms with Crippen LogP contribution in [0.3, 0.4) is 0 Å². The van der Waals surface area contributed by atoms with Gasteiger partial charge in [-0.25, -0.2) is 0 Å². The Morgan fingerprint density at radius 2 is 2.05 bits per heavy atom. The summed E-state index contributed by atoms with van der Waals surface area (Å²) in [6, 6.07) is 0. The number of nitrogens with zero attached hydrogens (tertiary/aromatic N) is 1. The summed E-state index contributed by atoms with van der Waals surface area (Å²) in [5.41, 5.74) is 0.398. The zero-order valence-electron chi connectivity index (χ0n) is 12.5. The summed E-state index contributed by atoms with van der Waals surface area (Å²) >= 11 is 0. The van der Waals surface area contributed by atoms with Gasteiger partial charge in [0.1, 0.15) is 0 Å². The highest BCUT2D eigenvalue weighted by Gasteiger charge is 2.37. The Bertz CT molecular complexity index is 279. The third-order valence-electron chi connectivity index (χ3n) is 4.82. The first-order chi connectivity index (χ1) is 9.26. The predicted molar refractivity (Wildman–Crippen MR) is 79.1 cm³/mol. The van der Waals surface area contributed by atoms with Crippen molar-refractivity contribution in [1.29, 1.82) is 0 Å². The number of nitrogens with one attached hydrogen (secondary N) is 1. The van der Waals surface area contributed by atoms with Crippen LogP contribution in [0.5, 0.6) is 0 Å². The maximum absolute atomic E-state index is 12.3. The van der Waals surface area contributed by atoms with Gasteiger partial charge in [-0.2, -0.15) is 0 Å². The van der Waals surface area contributed by atoms with Crippen molar-refractivity contribution in [3.05, 3.63) is 0 Å². The van der Waals surface area contributed by atoms with Crippen LogP contribution in [-0.2, 0) is 4.79 Å². The molecule has 1 unspecified atom stereocenters. The fourth-order valence-corrected chi connectivity index (χ4v) is 3.66. The summed E-state index contributed by atoms with van der Waals surface area (Å²) < 4.78 is 0. The Morgan fingerprint density at radius 3 is 2.79 bits per heavy atom. The van der Waals surface area contributed by atoms with Crippen molar-refractivity contribution >= 4 is 5.91 Å². The topological polar surface area (TPSA) is 32.3 Å². The third-order valence-corrected chi connectivity index (χ3v) is 4.82. The summed E-state index contributed by atoms with van der Waals surface area (Å²) in [5, 5.41) is 3.53. The van der Waals surface area contributed by atoms with Gasteiger partial charge in [-0.05, 0) is 38.6 Å². The maximum atomic E-state index is 12.3. The molecule has 1 N–H and O–H groups in total. The Labute approximate surface area is 118 Å². The fraction of sp³-hybridized carbons (Fsp3) is 0.938. The van der Waals surface area contributed by atoms with Gasteiger partial charge >= 0.3 is 0 Å². The van der Waals surface area contributed by atoms with E-state index in [1.54, 1.807) is 0 Å². The summed E-state index contributed by atoms with van der Waals surface area (Å²) in [6.07, 6.45) is 10.6. The lowest BCUT2D eigenvalue weighted by atomic mass is 9.74. The molecule has 0 aromatic heterocycles. The standard InChI is InChI=1S/C16H30N2O/c1-2-3-4-5-8-15(19)18-12-7-10-16(14-18)9-6-11-17-13-16/h17H,2-14H2,1H3. The van der Waals surface area contributed by atoms with E-state index in [-0.39, 0.29) is 0 Å². The number of unbranched alkanes of at least 4 members (excludes halogenated alkanes) is 3. The molecule has 110 valence electrons. The second-order valence-electron chi connectivity index (χ2n) is 6.51. The van der Waals surface area contributed by atoms with Crippen molar-refractivity contribution in [1.82, 2.24) is 10.2 Å². The van der Waals surface area contributed by atoms with Crippen molar-refractivity contribution in [3.63, 3.8) is 0 Å². The van der Waals surface area contributed by atoms with Gasteiger partial charge in [-0.1, -0.05) is 26.2 Å². The smallest absolute Gasteiger partial charge is 0.222 e. The van der Waals surface area contributed by atoms with E-state index in [0.29, 0.717) is 11.3 Å². The van der Waals surface area contributed by atoms with Crippen LogP contribution in [0.25, 0.3) is 0 Å². The number of likely N-dealkylation sites (tertiary alicyclic amines) is 1. The minimum Gasteiger partial charge on any atom is -0.342 e. The van der Waals surface area contributed by atoms with E-state index >= 15 is 0 Å². The van der Waals surface area contributed by atoms with Crippen molar-refractivity contribution in [2.45, 2.75) is 64.7 Å². The van der Waals surface area contributed by atoms with Crippen molar-refractivity contribution in [3.8, 4) is 0 Å². The molecule has 1 spiro atoms. The van der Waals surface area contributed by atoms with Gasteiger partial charge in [0.15, 0.2) is 0 Å². The van der Waals surface area contributed by atoms with Crippen LogP contribution in [0.15, 0.2) is 0 Å². The van der Waals surface area contributed by atoms with E-state index in [9.17, 15) is 4.79 Å². The Hall–Kier alpha value is -0.570. The molecule has 19 heavy (non-hydrogen) atoms. The number of piperidine rings is 2. The molecule has 0 radical (unpaired) electrons. The lowest BCUT2D eigenvalue weighted by molar-refractivity contribution is -0.135. The second-order valence-corrected chi connectivity index (χ2v) is 6.51. The van der Waals surface area contributed by atoms with Crippen LogP contribution in [0.2, 0.25) is 0 Å². The van der Waals surface area contributed by atoms with E-state index in [1.165, 1.54) is 44.9 Å². The number of amides is 1. The molecule has 2 rings (SSSR count). The molecule has 1 atom stereocenters. The van der Waals surface area contributed by atoms with Crippen LogP contribution in [0.1, 0.15) is 64.7 Å².